The van der Waals surface area contributed by atoms with Crippen LogP contribution < -0.4 is 4.74 Å². The van der Waals surface area contributed by atoms with Crippen LogP contribution in [0.1, 0.15) is 42.7 Å². The van der Waals surface area contributed by atoms with Crippen LogP contribution in [0.15, 0.2) is 18.2 Å². The maximum absolute atomic E-state index is 10.5. The lowest BCUT2D eigenvalue weighted by molar-refractivity contribution is -0.139. The van der Waals surface area contributed by atoms with E-state index in [1.54, 1.807) is 0 Å². The third-order valence-corrected chi connectivity index (χ3v) is 3.39. The predicted molar refractivity (Wildman–Crippen MR) is 65.5 cm³/mol. The van der Waals surface area contributed by atoms with Gasteiger partial charge in [-0.05, 0) is 42.9 Å². The largest absolute Gasteiger partial charge is 0.482 e. The van der Waals surface area contributed by atoms with E-state index in [0.29, 0.717) is 11.7 Å². The molecule has 1 saturated carbocycles. The van der Waals surface area contributed by atoms with Crippen LogP contribution in [0.25, 0.3) is 0 Å². The van der Waals surface area contributed by atoms with E-state index in [2.05, 4.69) is 6.07 Å². The second kappa shape index (κ2) is 5.21. The van der Waals surface area contributed by atoms with Crippen LogP contribution in [-0.2, 0) is 4.79 Å². The van der Waals surface area contributed by atoms with Crippen LogP contribution in [0.5, 0.6) is 5.75 Å². The summed E-state index contributed by atoms with van der Waals surface area (Å²) in [5.74, 6) is 0.398. The summed E-state index contributed by atoms with van der Waals surface area (Å²) in [6.07, 6.45) is 5.07. The van der Waals surface area contributed by atoms with Crippen LogP contribution in [0.3, 0.4) is 0 Å². The average molecular weight is 234 g/mol. The van der Waals surface area contributed by atoms with E-state index >= 15 is 0 Å². The van der Waals surface area contributed by atoms with Crippen molar-refractivity contribution in [3.63, 3.8) is 0 Å². The standard InChI is InChI=1S/C14H18O3/c1-10-6-7-12(11-4-2-3-5-11)8-13(10)17-9-14(15)16/h6-8,11H,2-5,9H2,1H3,(H,15,16). The summed E-state index contributed by atoms with van der Waals surface area (Å²) in [6.45, 7) is 1.67. The van der Waals surface area contributed by atoms with E-state index in [0.717, 1.165) is 5.56 Å². The van der Waals surface area contributed by atoms with Gasteiger partial charge in [0, 0.05) is 0 Å². The van der Waals surface area contributed by atoms with Crippen LogP contribution in [0, 0.1) is 6.92 Å². The summed E-state index contributed by atoms with van der Waals surface area (Å²) >= 11 is 0. The molecule has 92 valence electrons. The van der Waals surface area contributed by atoms with Gasteiger partial charge >= 0.3 is 5.97 Å². The fraction of sp³-hybridized carbons (Fsp3) is 0.500. The van der Waals surface area contributed by atoms with E-state index < -0.39 is 5.97 Å². The molecule has 0 aliphatic heterocycles. The molecule has 0 radical (unpaired) electrons. The Morgan fingerprint density at radius 3 is 2.76 bits per heavy atom. The number of carboxylic acids is 1. The predicted octanol–water partition coefficient (Wildman–Crippen LogP) is 3.12. The molecule has 17 heavy (non-hydrogen) atoms. The lowest BCUT2D eigenvalue weighted by Crippen LogP contribution is -2.10. The van der Waals surface area contributed by atoms with Gasteiger partial charge in [0.05, 0.1) is 0 Å². The Morgan fingerprint density at radius 1 is 1.41 bits per heavy atom. The minimum absolute atomic E-state index is 0.269. The highest BCUT2D eigenvalue weighted by Gasteiger charge is 2.18. The molecular formula is C14H18O3. The van der Waals surface area contributed by atoms with Gasteiger partial charge < -0.3 is 9.84 Å². The van der Waals surface area contributed by atoms with E-state index in [1.165, 1.54) is 31.2 Å². The van der Waals surface area contributed by atoms with Gasteiger partial charge in [-0.25, -0.2) is 4.79 Å². The minimum atomic E-state index is -0.935. The van der Waals surface area contributed by atoms with Gasteiger partial charge in [-0.15, -0.1) is 0 Å². The van der Waals surface area contributed by atoms with E-state index in [1.807, 2.05) is 19.1 Å². The number of hydrogen-bond acceptors (Lipinski definition) is 2. The van der Waals surface area contributed by atoms with Crippen LogP contribution in [-0.4, -0.2) is 17.7 Å². The third kappa shape index (κ3) is 2.99. The van der Waals surface area contributed by atoms with Gasteiger partial charge in [-0.3, -0.25) is 0 Å². The molecule has 1 aromatic rings. The van der Waals surface area contributed by atoms with Crippen LogP contribution in [0.2, 0.25) is 0 Å². The molecule has 0 bridgehead atoms. The van der Waals surface area contributed by atoms with Gasteiger partial charge in [-0.1, -0.05) is 25.0 Å². The molecule has 0 saturated heterocycles. The first-order valence-corrected chi connectivity index (χ1v) is 6.12. The molecular weight excluding hydrogens is 216 g/mol. The molecule has 1 N–H and O–H groups in total. The molecule has 3 heteroatoms. The lowest BCUT2D eigenvalue weighted by Gasteiger charge is -2.13. The zero-order valence-electron chi connectivity index (χ0n) is 10.1. The number of hydrogen-bond donors (Lipinski definition) is 1. The highest BCUT2D eigenvalue weighted by molar-refractivity contribution is 5.68. The Hall–Kier alpha value is -1.51. The molecule has 3 nitrogen and oxygen atoms in total. The number of benzene rings is 1. The maximum Gasteiger partial charge on any atom is 0.341 e. The van der Waals surface area contributed by atoms with Crippen molar-refractivity contribution in [1.82, 2.24) is 0 Å². The van der Waals surface area contributed by atoms with Crippen molar-refractivity contribution in [1.29, 1.82) is 0 Å². The van der Waals surface area contributed by atoms with Crippen molar-refractivity contribution < 1.29 is 14.6 Å². The van der Waals surface area contributed by atoms with Crippen LogP contribution >= 0.6 is 0 Å². The van der Waals surface area contributed by atoms with E-state index in [4.69, 9.17) is 9.84 Å². The van der Waals surface area contributed by atoms with Gasteiger partial charge in [0.1, 0.15) is 5.75 Å². The fourth-order valence-electron chi connectivity index (χ4n) is 2.42. The van der Waals surface area contributed by atoms with Gasteiger partial charge in [-0.2, -0.15) is 0 Å². The summed E-state index contributed by atoms with van der Waals surface area (Å²) in [6, 6.07) is 6.16. The number of ether oxygens (including phenoxy) is 1. The summed E-state index contributed by atoms with van der Waals surface area (Å²) in [5, 5.41) is 8.62. The molecule has 0 heterocycles. The zero-order chi connectivity index (χ0) is 12.3. The molecule has 0 unspecified atom stereocenters. The molecule has 0 aromatic heterocycles. The monoisotopic (exact) mass is 234 g/mol. The van der Waals surface area contributed by atoms with Gasteiger partial charge in [0.25, 0.3) is 0 Å². The second-order valence-corrected chi connectivity index (χ2v) is 4.69. The Kier molecular flexibility index (Phi) is 3.67. The zero-order valence-corrected chi connectivity index (χ0v) is 10.1. The fourth-order valence-corrected chi connectivity index (χ4v) is 2.42. The Morgan fingerprint density at radius 2 is 2.12 bits per heavy atom. The SMILES string of the molecule is Cc1ccc(C2CCCC2)cc1OCC(=O)O. The normalized spacial score (nSPS) is 16.1. The number of rotatable bonds is 4. The van der Waals surface area contributed by atoms with Gasteiger partial charge in [0.2, 0.25) is 0 Å². The van der Waals surface area contributed by atoms with E-state index in [9.17, 15) is 4.79 Å². The molecule has 1 aliphatic carbocycles. The van der Waals surface area contributed by atoms with Crippen molar-refractivity contribution in [3.8, 4) is 5.75 Å². The summed E-state index contributed by atoms with van der Waals surface area (Å²) < 4.78 is 5.30. The first-order chi connectivity index (χ1) is 8.16. The smallest absolute Gasteiger partial charge is 0.341 e. The number of carboxylic acid groups (broad SMARTS) is 1. The summed E-state index contributed by atoms with van der Waals surface area (Å²) in [5.41, 5.74) is 2.28. The second-order valence-electron chi connectivity index (χ2n) is 4.69. The lowest BCUT2D eigenvalue weighted by atomic mass is 9.96. The summed E-state index contributed by atoms with van der Waals surface area (Å²) in [7, 11) is 0. The van der Waals surface area contributed by atoms with Crippen LogP contribution in [0.4, 0.5) is 0 Å². The molecule has 0 amide bonds. The van der Waals surface area contributed by atoms with Gasteiger partial charge in [0.15, 0.2) is 6.61 Å². The highest BCUT2D eigenvalue weighted by Crippen LogP contribution is 2.36. The van der Waals surface area contributed by atoms with E-state index in [-0.39, 0.29) is 6.61 Å². The van der Waals surface area contributed by atoms with Crippen molar-refractivity contribution in [3.05, 3.63) is 29.3 Å². The topological polar surface area (TPSA) is 46.5 Å². The number of aryl methyl sites for hydroxylation is 1. The third-order valence-electron chi connectivity index (χ3n) is 3.39. The number of carbonyl (C=O) groups is 1. The molecule has 1 aliphatic rings. The molecule has 0 atom stereocenters. The molecule has 0 spiro atoms. The van der Waals surface area contributed by atoms with Crippen molar-refractivity contribution >= 4 is 5.97 Å². The Labute approximate surface area is 101 Å². The molecule has 1 fully saturated rings. The Balaban J connectivity index is 2.13. The van der Waals surface area contributed by atoms with Crippen molar-refractivity contribution in [2.24, 2.45) is 0 Å². The Bertz CT molecular complexity index is 406. The molecule has 2 rings (SSSR count). The summed E-state index contributed by atoms with van der Waals surface area (Å²) in [4.78, 5) is 10.5. The first kappa shape index (κ1) is 12.0. The number of aliphatic carboxylic acids is 1. The average Bonchev–Trinajstić information content (AvgIpc) is 2.81. The molecule has 1 aromatic carbocycles. The highest BCUT2D eigenvalue weighted by atomic mass is 16.5. The minimum Gasteiger partial charge on any atom is -0.482 e. The maximum atomic E-state index is 10.5. The van der Waals surface area contributed by atoms with Crippen molar-refractivity contribution in [2.75, 3.05) is 6.61 Å². The quantitative estimate of drug-likeness (QED) is 0.870. The van der Waals surface area contributed by atoms with Crippen molar-refractivity contribution in [2.45, 2.75) is 38.5 Å². The first-order valence-electron chi connectivity index (χ1n) is 6.12.